The van der Waals surface area contributed by atoms with Crippen molar-refractivity contribution in [1.82, 2.24) is 0 Å². The number of nitrogens with zero attached hydrogens (tertiary/aromatic N) is 1. The predicted octanol–water partition coefficient (Wildman–Crippen LogP) is 2.69. The topological polar surface area (TPSA) is 78.7 Å². The van der Waals surface area contributed by atoms with E-state index in [1.54, 1.807) is 6.07 Å². The lowest BCUT2D eigenvalue weighted by molar-refractivity contribution is -0.385. The molecule has 0 heterocycles. The lowest BCUT2D eigenvalue weighted by Gasteiger charge is -2.16. The van der Waals surface area contributed by atoms with Crippen molar-refractivity contribution in [2.45, 2.75) is 18.9 Å². The van der Waals surface area contributed by atoms with Crippen LogP contribution in [0.4, 0.5) is 5.69 Å². The first-order valence-electron chi connectivity index (χ1n) is 5.70. The summed E-state index contributed by atoms with van der Waals surface area (Å²) >= 11 is 3.18. The molecule has 1 fully saturated rings. The highest BCUT2D eigenvalue weighted by Crippen LogP contribution is 2.36. The van der Waals surface area contributed by atoms with Crippen LogP contribution in [0.2, 0.25) is 0 Å². The number of ether oxygens (including phenoxy) is 2. The first kappa shape index (κ1) is 13.8. The van der Waals surface area contributed by atoms with Crippen molar-refractivity contribution >= 4 is 27.6 Å². The van der Waals surface area contributed by atoms with Gasteiger partial charge < -0.3 is 9.47 Å². The minimum Gasteiger partial charge on any atom is -0.478 e. The summed E-state index contributed by atoms with van der Waals surface area (Å²) in [6, 6.07) is 4.26. The number of hydrogen-bond donors (Lipinski definition) is 0. The lowest BCUT2D eigenvalue weighted by atomic mass is 10.2. The van der Waals surface area contributed by atoms with Crippen molar-refractivity contribution in [3.8, 4) is 5.75 Å². The molecule has 0 aromatic heterocycles. The van der Waals surface area contributed by atoms with Gasteiger partial charge in [-0.25, -0.2) is 4.79 Å². The number of nitro benzene ring substituents is 1. The maximum absolute atomic E-state index is 11.6. The van der Waals surface area contributed by atoms with Gasteiger partial charge in [0.05, 0.1) is 18.1 Å². The van der Waals surface area contributed by atoms with Gasteiger partial charge in [0.15, 0.2) is 6.10 Å². The lowest BCUT2D eigenvalue weighted by Crippen LogP contribution is -2.30. The van der Waals surface area contributed by atoms with Crippen molar-refractivity contribution in [2.24, 2.45) is 5.92 Å². The fourth-order valence-corrected chi connectivity index (χ4v) is 2.18. The van der Waals surface area contributed by atoms with Crippen molar-refractivity contribution in [1.29, 1.82) is 0 Å². The summed E-state index contributed by atoms with van der Waals surface area (Å²) in [7, 11) is 1.30. The molecule has 2 rings (SSSR count). The van der Waals surface area contributed by atoms with E-state index in [0.717, 1.165) is 12.8 Å². The van der Waals surface area contributed by atoms with E-state index in [1.807, 2.05) is 0 Å². The summed E-state index contributed by atoms with van der Waals surface area (Å²) in [6.45, 7) is 0. The minimum atomic E-state index is -0.695. The first-order valence-corrected chi connectivity index (χ1v) is 6.50. The second-order valence-corrected chi connectivity index (χ2v) is 5.22. The summed E-state index contributed by atoms with van der Waals surface area (Å²) in [6.07, 6.45) is 1.10. The van der Waals surface area contributed by atoms with Gasteiger partial charge in [-0.2, -0.15) is 0 Å². The summed E-state index contributed by atoms with van der Waals surface area (Å²) in [5.41, 5.74) is -0.0937. The third-order valence-electron chi connectivity index (χ3n) is 2.81. The predicted molar refractivity (Wildman–Crippen MR) is 70.0 cm³/mol. The molecule has 1 unspecified atom stereocenters. The third-order valence-corrected chi connectivity index (χ3v) is 3.27. The molecule has 0 aliphatic heterocycles. The van der Waals surface area contributed by atoms with Gasteiger partial charge in [-0.15, -0.1) is 0 Å². The van der Waals surface area contributed by atoms with Crippen LogP contribution in [-0.2, 0) is 9.53 Å². The Morgan fingerprint density at radius 3 is 2.68 bits per heavy atom. The standard InChI is InChI=1S/C12H12BrNO5/c1-18-12(15)11(7-2-3-7)19-10-5-8(13)4-9(6-10)14(16)17/h4-7,11H,2-3H2,1H3. The molecule has 1 aliphatic carbocycles. The van der Waals surface area contributed by atoms with Crippen molar-refractivity contribution < 1.29 is 19.2 Å². The summed E-state index contributed by atoms with van der Waals surface area (Å²) in [5, 5.41) is 10.8. The highest BCUT2D eigenvalue weighted by Gasteiger charge is 2.39. The number of rotatable bonds is 5. The van der Waals surface area contributed by atoms with Gasteiger partial charge in [0.25, 0.3) is 5.69 Å². The van der Waals surface area contributed by atoms with Crippen LogP contribution in [0.5, 0.6) is 5.75 Å². The number of benzene rings is 1. The van der Waals surface area contributed by atoms with E-state index in [-0.39, 0.29) is 17.4 Å². The number of nitro groups is 1. The SMILES string of the molecule is COC(=O)C(Oc1cc(Br)cc([N+](=O)[O-])c1)C1CC1. The normalized spacial score (nSPS) is 15.7. The Labute approximate surface area is 118 Å². The van der Waals surface area contributed by atoms with Crippen molar-refractivity contribution in [3.05, 3.63) is 32.8 Å². The van der Waals surface area contributed by atoms with Crippen LogP contribution < -0.4 is 4.74 Å². The molecule has 0 bridgehead atoms. The molecule has 0 amide bonds. The minimum absolute atomic E-state index is 0.0937. The molecule has 19 heavy (non-hydrogen) atoms. The van der Waals surface area contributed by atoms with Gasteiger partial charge in [0.1, 0.15) is 5.75 Å². The van der Waals surface area contributed by atoms with Crippen LogP contribution in [0, 0.1) is 16.0 Å². The fraction of sp³-hybridized carbons (Fsp3) is 0.417. The number of hydrogen-bond acceptors (Lipinski definition) is 5. The Morgan fingerprint density at radius 1 is 1.47 bits per heavy atom. The largest absolute Gasteiger partial charge is 0.478 e. The van der Waals surface area contributed by atoms with Gasteiger partial charge in [-0.3, -0.25) is 10.1 Å². The number of halogens is 1. The van der Waals surface area contributed by atoms with Crippen LogP contribution in [0.1, 0.15) is 12.8 Å². The molecule has 7 heteroatoms. The van der Waals surface area contributed by atoms with E-state index in [2.05, 4.69) is 20.7 Å². The maximum Gasteiger partial charge on any atom is 0.347 e. The van der Waals surface area contributed by atoms with Gasteiger partial charge in [0, 0.05) is 16.5 Å². The van der Waals surface area contributed by atoms with Crippen LogP contribution in [0.15, 0.2) is 22.7 Å². The maximum atomic E-state index is 11.6. The fourth-order valence-electron chi connectivity index (χ4n) is 1.72. The average molecular weight is 330 g/mol. The Kier molecular flexibility index (Phi) is 4.04. The molecule has 0 saturated heterocycles. The van der Waals surface area contributed by atoms with Crippen molar-refractivity contribution in [2.75, 3.05) is 7.11 Å². The van der Waals surface area contributed by atoms with Gasteiger partial charge in [-0.1, -0.05) is 15.9 Å². The molecule has 0 radical (unpaired) electrons. The zero-order chi connectivity index (χ0) is 14.0. The number of methoxy groups -OCH3 is 1. The number of non-ortho nitro benzene ring substituents is 1. The summed E-state index contributed by atoms with van der Waals surface area (Å²) in [5.74, 6) is -0.0426. The van der Waals surface area contributed by atoms with Crippen LogP contribution >= 0.6 is 15.9 Å². The quantitative estimate of drug-likeness (QED) is 0.471. The van der Waals surface area contributed by atoms with E-state index >= 15 is 0 Å². The molecular formula is C12H12BrNO5. The van der Waals surface area contributed by atoms with E-state index in [4.69, 9.17) is 4.74 Å². The summed E-state index contributed by atoms with van der Waals surface area (Å²) in [4.78, 5) is 21.9. The van der Waals surface area contributed by atoms with E-state index < -0.39 is 17.0 Å². The Balaban J connectivity index is 2.21. The molecule has 1 aromatic rings. The molecule has 1 atom stereocenters. The molecule has 102 valence electrons. The van der Waals surface area contributed by atoms with E-state index in [1.165, 1.54) is 19.2 Å². The van der Waals surface area contributed by atoms with Crippen LogP contribution in [0.3, 0.4) is 0 Å². The molecular weight excluding hydrogens is 318 g/mol. The van der Waals surface area contributed by atoms with Crippen LogP contribution in [-0.4, -0.2) is 24.1 Å². The summed E-state index contributed by atoms with van der Waals surface area (Å²) < 4.78 is 10.8. The molecule has 6 nitrogen and oxygen atoms in total. The van der Waals surface area contributed by atoms with Gasteiger partial charge in [-0.05, 0) is 18.9 Å². The third kappa shape index (κ3) is 3.44. The molecule has 0 N–H and O–H groups in total. The van der Waals surface area contributed by atoms with Crippen LogP contribution in [0.25, 0.3) is 0 Å². The second kappa shape index (κ2) is 5.56. The highest BCUT2D eigenvalue weighted by molar-refractivity contribution is 9.10. The number of esters is 1. The Bertz CT molecular complexity index is 515. The molecule has 1 saturated carbocycles. The second-order valence-electron chi connectivity index (χ2n) is 4.30. The molecule has 1 aliphatic rings. The Hall–Kier alpha value is -1.63. The zero-order valence-electron chi connectivity index (χ0n) is 10.2. The van der Waals surface area contributed by atoms with E-state index in [0.29, 0.717) is 4.47 Å². The molecule has 1 aromatic carbocycles. The molecule has 0 spiro atoms. The van der Waals surface area contributed by atoms with Gasteiger partial charge in [0.2, 0.25) is 0 Å². The van der Waals surface area contributed by atoms with E-state index in [9.17, 15) is 14.9 Å². The Morgan fingerprint density at radius 2 is 2.16 bits per heavy atom. The zero-order valence-corrected chi connectivity index (χ0v) is 11.8. The van der Waals surface area contributed by atoms with Gasteiger partial charge >= 0.3 is 5.97 Å². The highest BCUT2D eigenvalue weighted by atomic mass is 79.9. The monoisotopic (exact) mass is 329 g/mol. The number of carbonyl (C=O) groups excluding carboxylic acids is 1. The smallest absolute Gasteiger partial charge is 0.347 e. The average Bonchev–Trinajstić information content (AvgIpc) is 3.18. The first-order chi connectivity index (χ1) is 9.01. The number of carbonyl (C=O) groups is 1. The van der Waals surface area contributed by atoms with Crippen molar-refractivity contribution in [3.63, 3.8) is 0 Å².